The van der Waals surface area contributed by atoms with Crippen molar-refractivity contribution in [2.75, 3.05) is 7.11 Å². The van der Waals surface area contributed by atoms with Crippen LogP contribution in [0.25, 0.3) is 5.69 Å². The molecule has 0 saturated heterocycles. The lowest BCUT2D eigenvalue weighted by atomic mass is 10.2. The summed E-state index contributed by atoms with van der Waals surface area (Å²) in [4.78, 5) is 11.9. The van der Waals surface area contributed by atoms with Gasteiger partial charge in [0.15, 0.2) is 0 Å². The lowest BCUT2D eigenvalue weighted by molar-refractivity contribution is 0.184. The minimum atomic E-state index is -0.0286. The summed E-state index contributed by atoms with van der Waals surface area (Å²) in [5.74, 6) is 0. The van der Waals surface area contributed by atoms with E-state index in [1.165, 1.54) is 0 Å². The Hall–Kier alpha value is -1.87. The molecule has 3 nitrogen and oxygen atoms in total. The van der Waals surface area contributed by atoms with Crippen molar-refractivity contribution in [3.8, 4) is 5.69 Å². The van der Waals surface area contributed by atoms with Gasteiger partial charge in [0.1, 0.15) is 0 Å². The van der Waals surface area contributed by atoms with Crippen LogP contribution in [0, 0.1) is 6.92 Å². The van der Waals surface area contributed by atoms with Gasteiger partial charge in [-0.1, -0.05) is 24.3 Å². The van der Waals surface area contributed by atoms with Gasteiger partial charge in [0.25, 0.3) is 5.56 Å². The number of methoxy groups -OCH3 is 1. The van der Waals surface area contributed by atoms with E-state index in [9.17, 15) is 4.79 Å². The van der Waals surface area contributed by atoms with Crippen LogP contribution in [0.15, 0.2) is 47.4 Å². The molecule has 0 radical (unpaired) electrons. The molecule has 0 spiro atoms. The first kappa shape index (κ1) is 11.6. The Morgan fingerprint density at radius 2 is 1.94 bits per heavy atom. The smallest absolute Gasteiger partial charge is 0.255 e. The van der Waals surface area contributed by atoms with Crippen molar-refractivity contribution in [1.29, 1.82) is 0 Å². The normalized spacial score (nSPS) is 10.5. The Bertz CT molecular complexity index is 572. The van der Waals surface area contributed by atoms with E-state index in [1.54, 1.807) is 17.7 Å². The van der Waals surface area contributed by atoms with Crippen molar-refractivity contribution in [3.05, 3.63) is 64.1 Å². The fraction of sp³-hybridized carbons (Fsp3) is 0.214. The fourth-order valence-corrected chi connectivity index (χ4v) is 1.80. The molecule has 2 rings (SSSR count). The summed E-state index contributed by atoms with van der Waals surface area (Å²) in [6.45, 7) is 2.46. The lowest BCUT2D eigenvalue weighted by Gasteiger charge is -2.11. The maximum absolute atomic E-state index is 11.9. The minimum Gasteiger partial charge on any atom is -0.380 e. The van der Waals surface area contributed by atoms with Gasteiger partial charge in [0.05, 0.1) is 12.3 Å². The highest BCUT2D eigenvalue weighted by Crippen LogP contribution is 2.13. The second-order valence-electron chi connectivity index (χ2n) is 3.98. The molecule has 1 aromatic heterocycles. The average molecular weight is 229 g/mol. The number of benzene rings is 1. The minimum absolute atomic E-state index is 0.0286. The Labute approximate surface area is 100 Å². The van der Waals surface area contributed by atoms with Crippen LogP contribution in [-0.4, -0.2) is 11.7 Å². The number of rotatable bonds is 3. The van der Waals surface area contributed by atoms with Crippen LogP contribution in [0.2, 0.25) is 0 Å². The van der Waals surface area contributed by atoms with Crippen molar-refractivity contribution in [2.45, 2.75) is 13.5 Å². The second kappa shape index (κ2) is 4.97. The van der Waals surface area contributed by atoms with E-state index in [1.807, 2.05) is 43.5 Å². The highest BCUT2D eigenvalue weighted by atomic mass is 16.5. The first-order valence-electron chi connectivity index (χ1n) is 5.49. The first-order valence-corrected chi connectivity index (χ1v) is 5.49. The topological polar surface area (TPSA) is 31.2 Å². The Balaban J connectivity index is 2.59. The van der Waals surface area contributed by atoms with Crippen molar-refractivity contribution >= 4 is 0 Å². The molecule has 0 aliphatic heterocycles. The summed E-state index contributed by atoms with van der Waals surface area (Å²) in [5.41, 5.74) is 2.90. The third-order valence-electron chi connectivity index (χ3n) is 2.61. The molecule has 0 atom stereocenters. The van der Waals surface area contributed by atoms with Crippen LogP contribution in [0.3, 0.4) is 0 Å². The van der Waals surface area contributed by atoms with Gasteiger partial charge >= 0.3 is 0 Å². The van der Waals surface area contributed by atoms with Crippen LogP contribution < -0.4 is 5.56 Å². The average Bonchev–Trinajstić information content (AvgIpc) is 2.34. The Kier molecular flexibility index (Phi) is 3.40. The van der Waals surface area contributed by atoms with Gasteiger partial charge in [-0.25, -0.2) is 0 Å². The number of aryl methyl sites for hydroxylation is 1. The predicted molar refractivity (Wildman–Crippen MR) is 67.5 cm³/mol. The standard InChI is InChI=1S/C14H15NO2/c1-11-7-8-14(16)15(9-11)13-6-4-3-5-12(13)10-17-2/h3-9H,10H2,1-2H3. The van der Waals surface area contributed by atoms with Crippen molar-refractivity contribution in [1.82, 2.24) is 4.57 Å². The summed E-state index contributed by atoms with van der Waals surface area (Å²) in [7, 11) is 1.65. The van der Waals surface area contributed by atoms with E-state index < -0.39 is 0 Å². The number of aromatic nitrogens is 1. The number of pyridine rings is 1. The maximum Gasteiger partial charge on any atom is 0.255 e. The van der Waals surface area contributed by atoms with Crippen LogP contribution in [0.1, 0.15) is 11.1 Å². The molecule has 88 valence electrons. The molecule has 17 heavy (non-hydrogen) atoms. The van der Waals surface area contributed by atoms with Crippen LogP contribution >= 0.6 is 0 Å². The molecule has 0 unspecified atom stereocenters. The van der Waals surface area contributed by atoms with Gasteiger partial charge in [0.2, 0.25) is 0 Å². The fourth-order valence-electron chi connectivity index (χ4n) is 1.80. The molecule has 0 saturated carbocycles. The summed E-state index contributed by atoms with van der Waals surface area (Å²) < 4.78 is 6.80. The summed E-state index contributed by atoms with van der Waals surface area (Å²) in [6.07, 6.45) is 1.84. The van der Waals surface area contributed by atoms with Gasteiger partial charge in [-0.2, -0.15) is 0 Å². The van der Waals surface area contributed by atoms with Gasteiger partial charge in [-0.15, -0.1) is 0 Å². The number of para-hydroxylation sites is 1. The number of ether oxygens (including phenoxy) is 1. The zero-order valence-corrected chi connectivity index (χ0v) is 10.0. The molecule has 0 N–H and O–H groups in total. The SMILES string of the molecule is COCc1ccccc1-n1cc(C)ccc1=O. The van der Waals surface area contributed by atoms with Crippen molar-refractivity contribution < 1.29 is 4.74 Å². The van der Waals surface area contributed by atoms with Crippen molar-refractivity contribution in [2.24, 2.45) is 0 Å². The van der Waals surface area contributed by atoms with E-state index in [-0.39, 0.29) is 5.56 Å². The number of hydrogen-bond acceptors (Lipinski definition) is 2. The molecular formula is C14H15NO2. The largest absolute Gasteiger partial charge is 0.380 e. The van der Waals surface area contributed by atoms with E-state index in [2.05, 4.69) is 0 Å². The zero-order chi connectivity index (χ0) is 12.3. The van der Waals surface area contributed by atoms with E-state index in [0.29, 0.717) is 6.61 Å². The summed E-state index contributed by atoms with van der Waals surface area (Å²) in [6, 6.07) is 11.2. The highest BCUT2D eigenvalue weighted by molar-refractivity contribution is 5.41. The van der Waals surface area contributed by atoms with Crippen LogP contribution in [-0.2, 0) is 11.3 Å². The van der Waals surface area contributed by atoms with Gasteiger partial charge in [-0.3, -0.25) is 9.36 Å². The van der Waals surface area contributed by atoms with Crippen LogP contribution in [0.4, 0.5) is 0 Å². The second-order valence-corrected chi connectivity index (χ2v) is 3.98. The zero-order valence-electron chi connectivity index (χ0n) is 10.0. The molecule has 0 aliphatic carbocycles. The molecule has 1 heterocycles. The molecule has 3 heteroatoms. The maximum atomic E-state index is 11.9. The molecule has 0 bridgehead atoms. The van der Waals surface area contributed by atoms with Crippen molar-refractivity contribution in [3.63, 3.8) is 0 Å². The summed E-state index contributed by atoms with van der Waals surface area (Å²) in [5, 5.41) is 0. The molecule has 0 fully saturated rings. The highest BCUT2D eigenvalue weighted by Gasteiger charge is 2.05. The van der Waals surface area contributed by atoms with Gasteiger partial charge < -0.3 is 4.74 Å². The summed E-state index contributed by atoms with van der Waals surface area (Å²) >= 11 is 0. The third kappa shape index (κ3) is 2.45. The number of nitrogens with zero attached hydrogens (tertiary/aromatic N) is 1. The molecule has 2 aromatic rings. The first-order chi connectivity index (χ1) is 8.22. The van der Waals surface area contributed by atoms with E-state index in [4.69, 9.17) is 4.74 Å². The molecular weight excluding hydrogens is 214 g/mol. The van der Waals surface area contributed by atoms with E-state index in [0.717, 1.165) is 16.8 Å². The number of hydrogen-bond donors (Lipinski definition) is 0. The van der Waals surface area contributed by atoms with Crippen LogP contribution in [0.5, 0.6) is 0 Å². The lowest BCUT2D eigenvalue weighted by Crippen LogP contribution is -2.18. The monoisotopic (exact) mass is 229 g/mol. The van der Waals surface area contributed by atoms with E-state index >= 15 is 0 Å². The van der Waals surface area contributed by atoms with Gasteiger partial charge in [0, 0.05) is 24.9 Å². The predicted octanol–water partition coefficient (Wildman–Crippen LogP) is 2.29. The Morgan fingerprint density at radius 3 is 2.71 bits per heavy atom. The molecule has 1 aromatic carbocycles. The van der Waals surface area contributed by atoms with Gasteiger partial charge in [-0.05, 0) is 18.6 Å². The molecule has 0 aliphatic rings. The quantitative estimate of drug-likeness (QED) is 0.808. The molecule has 0 amide bonds. The third-order valence-corrected chi connectivity index (χ3v) is 2.61. The Morgan fingerprint density at radius 1 is 1.18 bits per heavy atom.